The topological polar surface area (TPSA) is 40.5 Å². The maximum absolute atomic E-state index is 8.95. The first-order valence-electron chi connectivity index (χ1n) is 4.74. The number of rotatable bonds is 7. The highest BCUT2D eigenvalue weighted by Gasteiger charge is 1.94. The molecule has 2 heteroatoms. The molecule has 0 saturated carbocycles. The smallest absolute Gasteiger partial charge is 0.0751 e. The van der Waals surface area contributed by atoms with Gasteiger partial charge in [-0.3, -0.25) is 0 Å². The molecule has 0 aromatic heterocycles. The van der Waals surface area contributed by atoms with Gasteiger partial charge in [0, 0.05) is 0 Å². The molecule has 0 spiro atoms. The van der Waals surface area contributed by atoms with Crippen LogP contribution in [0.1, 0.15) is 45.4 Å². The minimum atomic E-state index is -0.151. The average Bonchev–Trinajstić information content (AvgIpc) is 2.02. The Morgan fingerprint density at radius 2 is 1.83 bits per heavy atom. The first-order chi connectivity index (χ1) is 5.77. The van der Waals surface area contributed by atoms with Crippen LogP contribution in [0, 0.1) is 0 Å². The van der Waals surface area contributed by atoms with Gasteiger partial charge in [-0.05, 0) is 26.2 Å². The van der Waals surface area contributed by atoms with Crippen molar-refractivity contribution in [3.63, 3.8) is 0 Å². The van der Waals surface area contributed by atoms with Crippen molar-refractivity contribution in [3.8, 4) is 0 Å². The Balaban J connectivity index is 2.91. The van der Waals surface area contributed by atoms with Gasteiger partial charge in [-0.25, -0.2) is 0 Å². The van der Waals surface area contributed by atoms with E-state index in [4.69, 9.17) is 10.2 Å². The molecule has 0 aliphatic heterocycles. The van der Waals surface area contributed by atoms with Gasteiger partial charge < -0.3 is 10.2 Å². The van der Waals surface area contributed by atoms with Crippen LogP contribution in [0.4, 0.5) is 0 Å². The van der Waals surface area contributed by atoms with Crippen molar-refractivity contribution in [1.82, 2.24) is 0 Å². The third kappa shape index (κ3) is 9.50. The Labute approximate surface area is 74.9 Å². The molecule has 0 bridgehead atoms. The SMILES string of the molecule is C[C@H](O)CCCCCC/C=C\O. The lowest BCUT2D eigenvalue weighted by Crippen LogP contribution is -1.97. The molecule has 0 aliphatic rings. The molecule has 0 aliphatic carbocycles. The van der Waals surface area contributed by atoms with E-state index < -0.39 is 0 Å². The minimum absolute atomic E-state index is 0.151. The second-order valence-corrected chi connectivity index (χ2v) is 3.23. The fourth-order valence-electron chi connectivity index (χ4n) is 1.13. The highest BCUT2D eigenvalue weighted by Crippen LogP contribution is 2.07. The standard InChI is InChI=1S/C10H20O2/c1-10(12)8-6-4-2-3-5-7-9-11/h7,9-12H,2-6,8H2,1H3/b9-7-/t10-/m0/s1. The monoisotopic (exact) mass is 172 g/mol. The number of unbranched alkanes of at least 4 members (excludes halogenated alkanes) is 4. The first kappa shape index (κ1) is 11.5. The summed E-state index contributed by atoms with van der Waals surface area (Å²) < 4.78 is 0. The third-order valence-corrected chi connectivity index (χ3v) is 1.85. The van der Waals surface area contributed by atoms with Crippen LogP contribution in [0.15, 0.2) is 12.3 Å². The summed E-state index contributed by atoms with van der Waals surface area (Å²) in [6.07, 6.45) is 9.23. The second kappa shape index (κ2) is 8.60. The maximum Gasteiger partial charge on any atom is 0.0751 e. The molecule has 2 N–H and O–H groups in total. The van der Waals surface area contributed by atoms with Crippen LogP contribution >= 0.6 is 0 Å². The van der Waals surface area contributed by atoms with E-state index in [0.717, 1.165) is 31.9 Å². The molecule has 0 saturated heterocycles. The van der Waals surface area contributed by atoms with Crippen molar-refractivity contribution in [1.29, 1.82) is 0 Å². The molecular weight excluding hydrogens is 152 g/mol. The molecule has 0 aromatic rings. The van der Waals surface area contributed by atoms with Gasteiger partial charge >= 0.3 is 0 Å². The van der Waals surface area contributed by atoms with E-state index in [9.17, 15) is 0 Å². The number of aliphatic hydroxyl groups is 2. The van der Waals surface area contributed by atoms with Crippen molar-refractivity contribution in [3.05, 3.63) is 12.3 Å². The van der Waals surface area contributed by atoms with Crippen molar-refractivity contribution in [2.24, 2.45) is 0 Å². The number of hydrogen-bond donors (Lipinski definition) is 2. The lowest BCUT2D eigenvalue weighted by molar-refractivity contribution is 0.180. The summed E-state index contributed by atoms with van der Waals surface area (Å²) in [5, 5.41) is 17.3. The summed E-state index contributed by atoms with van der Waals surface area (Å²) in [6, 6.07) is 0. The van der Waals surface area contributed by atoms with Gasteiger partial charge in [0.2, 0.25) is 0 Å². The van der Waals surface area contributed by atoms with Crippen LogP contribution in [0.5, 0.6) is 0 Å². The predicted molar refractivity (Wildman–Crippen MR) is 51.2 cm³/mol. The summed E-state index contributed by atoms with van der Waals surface area (Å²) >= 11 is 0. The van der Waals surface area contributed by atoms with E-state index in [2.05, 4.69) is 0 Å². The molecule has 12 heavy (non-hydrogen) atoms. The third-order valence-electron chi connectivity index (χ3n) is 1.85. The van der Waals surface area contributed by atoms with Gasteiger partial charge in [-0.2, -0.15) is 0 Å². The second-order valence-electron chi connectivity index (χ2n) is 3.23. The number of allylic oxidation sites excluding steroid dienone is 1. The molecule has 0 radical (unpaired) electrons. The van der Waals surface area contributed by atoms with Gasteiger partial charge in [0.25, 0.3) is 0 Å². The largest absolute Gasteiger partial charge is 0.516 e. The van der Waals surface area contributed by atoms with Gasteiger partial charge in [0.05, 0.1) is 12.4 Å². The fraction of sp³-hybridized carbons (Fsp3) is 0.800. The van der Waals surface area contributed by atoms with Crippen LogP contribution in [0.25, 0.3) is 0 Å². The molecule has 1 atom stereocenters. The highest BCUT2D eigenvalue weighted by molar-refractivity contribution is 4.70. The Kier molecular flexibility index (Phi) is 8.24. The lowest BCUT2D eigenvalue weighted by atomic mass is 10.1. The minimum Gasteiger partial charge on any atom is -0.516 e. The van der Waals surface area contributed by atoms with Gasteiger partial charge in [0.1, 0.15) is 0 Å². The van der Waals surface area contributed by atoms with Gasteiger partial charge in [0.15, 0.2) is 0 Å². The Hall–Kier alpha value is -0.500. The Morgan fingerprint density at radius 1 is 1.17 bits per heavy atom. The van der Waals surface area contributed by atoms with Gasteiger partial charge in [-0.1, -0.05) is 25.3 Å². The predicted octanol–water partition coefficient (Wildman–Crippen LogP) is 2.78. The highest BCUT2D eigenvalue weighted by atomic mass is 16.3. The Morgan fingerprint density at radius 3 is 2.42 bits per heavy atom. The van der Waals surface area contributed by atoms with E-state index in [1.54, 1.807) is 6.08 Å². The quantitative estimate of drug-likeness (QED) is 0.458. The lowest BCUT2D eigenvalue weighted by Gasteiger charge is -2.02. The van der Waals surface area contributed by atoms with Crippen molar-refractivity contribution < 1.29 is 10.2 Å². The summed E-state index contributed by atoms with van der Waals surface area (Å²) in [4.78, 5) is 0. The zero-order valence-corrected chi connectivity index (χ0v) is 7.87. The molecule has 0 unspecified atom stereocenters. The molecule has 0 heterocycles. The molecular formula is C10H20O2. The molecule has 72 valence electrons. The summed E-state index contributed by atoms with van der Waals surface area (Å²) in [5.41, 5.74) is 0. The van der Waals surface area contributed by atoms with Gasteiger partial charge in [-0.15, -0.1) is 0 Å². The normalized spacial score (nSPS) is 13.8. The average molecular weight is 172 g/mol. The van der Waals surface area contributed by atoms with Crippen LogP contribution in [0.2, 0.25) is 0 Å². The van der Waals surface area contributed by atoms with Crippen molar-refractivity contribution >= 4 is 0 Å². The van der Waals surface area contributed by atoms with Crippen LogP contribution in [-0.4, -0.2) is 16.3 Å². The molecule has 0 aromatic carbocycles. The summed E-state index contributed by atoms with van der Waals surface area (Å²) in [5.74, 6) is 0. The number of hydrogen-bond acceptors (Lipinski definition) is 2. The van der Waals surface area contributed by atoms with E-state index in [1.165, 1.54) is 12.8 Å². The van der Waals surface area contributed by atoms with Crippen LogP contribution < -0.4 is 0 Å². The fourth-order valence-corrected chi connectivity index (χ4v) is 1.13. The zero-order valence-electron chi connectivity index (χ0n) is 7.87. The van der Waals surface area contributed by atoms with Crippen LogP contribution in [0.3, 0.4) is 0 Å². The molecule has 2 nitrogen and oxygen atoms in total. The van der Waals surface area contributed by atoms with Crippen LogP contribution in [-0.2, 0) is 0 Å². The first-order valence-corrected chi connectivity index (χ1v) is 4.74. The van der Waals surface area contributed by atoms with Crippen molar-refractivity contribution in [2.75, 3.05) is 0 Å². The molecule has 0 amide bonds. The molecule has 0 rings (SSSR count). The van der Waals surface area contributed by atoms with E-state index in [1.807, 2.05) is 6.92 Å². The zero-order chi connectivity index (χ0) is 9.23. The van der Waals surface area contributed by atoms with E-state index in [0.29, 0.717) is 0 Å². The van der Waals surface area contributed by atoms with E-state index in [-0.39, 0.29) is 6.10 Å². The molecule has 0 fully saturated rings. The number of aliphatic hydroxyl groups excluding tert-OH is 2. The summed E-state index contributed by atoms with van der Waals surface area (Å²) in [6.45, 7) is 1.83. The Bertz CT molecular complexity index is 108. The van der Waals surface area contributed by atoms with Crippen molar-refractivity contribution in [2.45, 2.75) is 51.6 Å². The maximum atomic E-state index is 8.95. The summed E-state index contributed by atoms with van der Waals surface area (Å²) in [7, 11) is 0. The van der Waals surface area contributed by atoms with E-state index >= 15 is 0 Å².